The van der Waals surface area contributed by atoms with Crippen molar-refractivity contribution in [3.63, 3.8) is 0 Å². The van der Waals surface area contributed by atoms with E-state index < -0.39 is 40.9 Å². The van der Waals surface area contributed by atoms with Gasteiger partial charge in [-0.2, -0.15) is 0 Å². The second kappa shape index (κ2) is 11.2. The summed E-state index contributed by atoms with van der Waals surface area (Å²) in [6.07, 6.45) is 4.41. The van der Waals surface area contributed by atoms with Gasteiger partial charge >= 0.3 is 12.1 Å². The fraction of sp³-hybridized carbons (Fsp3) is 0.481. The Hall–Kier alpha value is -4.13. The number of rotatable bonds is 6. The quantitative estimate of drug-likeness (QED) is 0.259. The molecule has 12 nitrogen and oxygen atoms in total. The minimum atomic E-state index is -1.36. The molecule has 1 saturated heterocycles. The summed E-state index contributed by atoms with van der Waals surface area (Å²) in [5.41, 5.74) is 10.9. The number of aromatic nitrogens is 2. The molecule has 1 aromatic carbocycles. The summed E-state index contributed by atoms with van der Waals surface area (Å²) < 4.78 is 37.5. The first-order valence-electron chi connectivity index (χ1n) is 13.3. The van der Waals surface area contributed by atoms with Crippen LogP contribution in [-0.4, -0.2) is 53.4 Å². The topological polar surface area (TPSA) is 165 Å². The third-order valence-corrected chi connectivity index (χ3v) is 7.50. The van der Waals surface area contributed by atoms with Crippen molar-refractivity contribution in [3.8, 4) is 5.82 Å². The van der Waals surface area contributed by atoms with Crippen LogP contribution in [0, 0.1) is 11.7 Å². The van der Waals surface area contributed by atoms with E-state index in [1.165, 1.54) is 36.1 Å². The minimum absolute atomic E-state index is 0.121. The highest BCUT2D eigenvalue weighted by molar-refractivity contribution is 6.00. The normalized spacial score (nSPS) is 20.4. The van der Waals surface area contributed by atoms with Crippen LogP contribution in [0.15, 0.2) is 33.9 Å². The fourth-order valence-electron chi connectivity index (χ4n) is 5.28. The van der Waals surface area contributed by atoms with Gasteiger partial charge in [0.2, 0.25) is 11.7 Å². The first-order valence-corrected chi connectivity index (χ1v) is 13.3. The number of benzene rings is 1. The van der Waals surface area contributed by atoms with E-state index >= 15 is 4.39 Å². The number of pyridine rings is 1. The average Bonchev–Trinajstić information content (AvgIpc) is 3.56. The van der Waals surface area contributed by atoms with Crippen molar-refractivity contribution < 1.29 is 32.7 Å². The standard InChI is InChI=1S/C27H32FN5O7/c1-14-11-32(13-18(14)29)20-10-19-22(24(30)23(20)28)25(34)17(12-33(19)21-8-9-37-31-21)26(35)38-15(2)39-27(36)40-16-6-4-3-5-7-16/h8-10,12,14-16,18H,3-7,11,13,29-30H2,1-2H3/t14-,15?,18+/m0/s1. The number of ether oxygens (including phenoxy) is 3. The van der Waals surface area contributed by atoms with Gasteiger partial charge in [-0.1, -0.05) is 18.5 Å². The lowest BCUT2D eigenvalue weighted by molar-refractivity contribution is -0.0915. The number of esters is 1. The summed E-state index contributed by atoms with van der Waals surface area (Å²) in [4.78, 5) is 40.5. The van der Waals surface area contributed by atoms with Gasteiger partial charge in [-0.05, 0) is 37.7 Å². The van der Waals surface area contributed by atoms with Gasteiger partial charge in [0.25, 0.3) is 0 Å². The maximum absolute atomic E-state index is 15.6. The molecule has 3 heterocycles. The van der Waals surface area contributed by atoms with Gasteiger partial charge in [-0.25, -0.2) is 14.0 Å². The van der Waals surface area contributed by atoms with Crippen molar-refractivity contribution in [3.05, 3.63) is 46.2 Å². The molecule has 3 aromatic rings. The smallest absolute Gasteiger partial charge is 0.431 e. The summed E-state index contributed by atoms with van der Waals surface area (Å²) in [6, 6.07) is 2.82. The molecule has 1 aliphatic heterocycles. The number of nitrogens with zero attached hydrogens (tertiary/aromatic N) is 3. The monoisotopic (exact) mass is 557 g/mol. The number of hydrogen-bond acceptors (Lipinski definition) is 11. The minimum Gasteiger partial charge on any atom is -0.431 e. The molecule has 0 amide bonds. The summed E-state index contributed by atoms with van der Waals surface area (Å²) in [5, 5.41) is 3.67. The highest BCUT2D eigenvalue weighted by Crippen LogP contribution is 2.34. The lowest BCUT2D eigenvalue weighted by Gasteiger charge is -2.23. The molecule has 2 fully saturated rings. The summed E-state index contributed by atoms with van der Waals surface area (Å²) >= 11 is 0. The SMILES string of the molecule is CC(OC(=O)OC1CCCCC1)OC(=O)c1cn(-c2ccon2)c2cc(N3C[C@@H](N)[C@@H](C)C3)c(F)c(N)c2c1=O. The molecule has 3 atom stereocenters. The molecule has 1 unspecified atom stereocenters. The molecule has 2 aliphatic rings. The number of fused-ring (bicyclic) bond motifs is 1. The van der Waals surface area contributed by atoms with Crippen LogP contribution in [0.2, 0.25) is 0 Å². The Labute approximate surface area is 228 Å². The molecule has 1 aliphatic carbocycles. The van der Waals surface area contributed by atoms with Crippen LogP contribution in [0.25, 0.3) is 16.7 Å². The van der Waals surface area contributed by atoms with Gasteiger partial charge in [0.15, 0.2) is 11.6 Å². The fourth-order valence-corrected chi connectivity index (χ4v) is 5.28. The van der Waals surface area contributed by atoms with Crippen LogP contribution in [0.5, 0.6) is 0 Å². The van der Waals surface area contributed by atoms with E-state index in [1.54, 1.807) is 4.90 Å². The van der Waals surface area contributed by atoms with Gasteiger partial charge in [0.1, 0.15) is 17.9 Å². The number of carbonyl (C=O) groups excluding carboxylic acids is 2. The van der Waals surface area contributed by atoms with Crippen LogP contribution >= 0.6 is 0 Å². The molecule has 0 radical (unpaired) electrons. The Morgan fingerprint density at radius 2 is 1.95 bits per heavy atom. The van der Waals surface area contributed by atoms with Gasteiger partial charge in [0.05, 0.1) is 22.3 Å². The van der Waals surface area contributed by atoms with Gasteiger partial charge in [-0.3, -0.25) is 9.36 Å². The second-order valence-electron chi connectivity index (χ2n) is 10.4. The highest BCUT2D eigenvalue weighted by atomic mass is 19.1. The molecule has 0 bridgehead atoms. The number of nitrogens with two attached hydrogens (primary N) is 2. The molecule has 40 heavy (non-hydrogen) atoms. The molecular formula is C27H32FN5O7. The second-order valence-corrected chi connectivity index (χ2v) is 10.4. The highest BCUT2D eigenvalue weighted by Gasteiger charge is 2.31. The maximum Gasteiger partial charge on any atom is 0.511 e. The molecular weight excluding hydrogens is 525 g/mol. The average molecular weight is 558 g/mol. The largest absolute Gasteiger partial charge is 0.511 e. The van der Waals surface area contributed by atoms with E-state index in [2.05, 4.69) is 5.16 Å². The predicted octanol–water partition coefficient (Wildman–Crippen LogP) is 3.47. The molecule has 214 valence electrons. The Morgan fingerprint density at radius 1 is 1.20 bits per heavy atom. The van der Waals surface area contributed by atoms with Crippen LogP contribution in [-0.2, 0) is 14.2 Å². The molecule has 5 rings (SSSR count). The van der Waals surface area contributed by atoms with Crippen molar-refractivity contribution in [2.45, 2.75) is 64.4 Å². The number of nitrogen functional groups attached to an aromatic ring is 1. The first kappa shape index (κ1) is 27.4. The van der Waals surface area contributed by atoms with Crippen LogP contribution < -0.4 is 21.8 Å². The molecule has 13 heteroatoms. The molecule has 4 N–H and O–H groups in total. The summed E-state index contributed by atoms with van der Waals surface area (Å²) in [6.45, 7) is 4.20. The van der Waals surface area contributed by atoms with E-state index in [4.69, 9.17) is 30.2 Å². The van der Waals surface area contributed by atoms with Crippen molar-refractivity contribution in [1.29, 1.82) is 0 Å². The number of carbonyl (C=O) groups is 2. The van der Waals surface area contributed by atoms with Crippen molar-refractivity contribution >= 4 is 34.4 Å². The Bertz CT molecular complexity index is 1460. The van der Waals surface area contributed by atoms with Crippen molar-refractivity contribution in [2.24, 2.45) is 11.7 Å². The third kappa shape index (κ3) is 5.33. The number of halogens is 1. The van der Waals surface area contributed by atoms with Crippen LogP contribution in [0.4, 0.5) is 20.6 Å². The molecule has 2 aromatic heterocycles. The zero-order valence-electron chi connectivity index (χ0n) is 22.3. The van der Waals surface area contributed by atoms with E-state index in [-0.39, 0.29) is 40.5 Å². The third-order valence-electron chi connectivity index (χ3n) is 7.50. The maximum atomic E-state index is 15.6. The van der Waals surface area contributed by atoms with E-state index in [0.29, 0.717) is 13.1 Å². The molecule has 0 spiro atoms. The van der Waals surface area contributed by atoms with Crippen molar-refractivity contribution in [1.82, 2.24) is 9.72 Å². The number of hydrogen-bond donors (Lipinski definition) is 2. The first-order chi connectivity index (χ1) is 19.1. The molecule has 1 saturated carbocycles. The van der Waals surface area contributed by atoms with Gasteiger partial charge in [-0.15, -0.1) is 0 Å². The van der Waals surface area contributed by atoms with E-state index in [9.17, 15) is 14.4 Å². The van der Waals surface area contributed by atoms with Crippen molar-refractivity contribution in [2.75, 3.05) is 23.7 Å². The Balaban J connectivity index is 1.47. The summed E-state index contributed by atoms with van der Waals surface area (Å²) in [7, 11) is 0. The summed E-state index contributed by atoms with van der Waals surface area (Å²) in [5.74, 6) is -1.58. The van der Waals surface area contributed by atoms with Crippen LogP contribution in [0.1, 0.15) is 56.3 Å². The van der Waals surface area contributed by atoms with Crippen LogP contribution in [0.3, 0.4) is 0 Å². The van der Waals surface area contributed by atoms with Gasteiger partial charge < -0.3 is 35.1 Å². The Kier molecular flexibility index (Phi) is 7.66. The van der Waals surface area contributed by atoms with E-state index in [0.717, 1.165) is 32.1 Å². The van der Waals surface area contributed by atoms with E-state index in [1.807, 2.05) is 6.92 Å². The lowest BCUT2D eigenvalue weighted by atomic mass is 9.98. The Morgan fingerprint density at radius 3 is 2.60 bits per heavy atom. The van der Waals surface area contributed by atoms with Gasteiger partial charge in [0, 0.05) is 38.3 Å². The lowest BCUT2D eigenvalue weighted by Crippen LogP contribution is -2.30. The number of anilines is 2. The predicted molar refractivity (Wildman–Crippen MR) is 143 cm³/mol. The zero-order valence-corrected chi connectivity index (χ0v) is 22.3. The zero-order chi connectivity index (χ0) is 28.6.